The van der Waals surface area contributed by atoms with E-state index in [-0.39, 0.29) is 26.2 Å². The summed E-state index contributed by atoms with van der Waals surface area (Å²) in [6.07, 6.45) is 3.92. The van der Waals surface area contributed by atoms with E-state index in [9.17, 15) is 16.8 Å². The molecule has 2 fully saturated rings. The lowest BCUT2D eigenvalue weighted by atomic mass is 10.2. The van der Waals surface area contributed by atoms with Crippen LogP contribution in [0.15, 0.2) is 11.0 Å². The van der Waals surface area contributed by atoms with E-state index in [1.165, 1.54) is 19.9 Å². The van der Waals surface area contributed by atoms with Gasteiger partial charge in [0.1, 0.15) is 0 Å². The lowest BCUT2D eigenvalue weighted by molar-refractivity contribution is 0.254. The van der Waals surface area contributed by atoms with Crippen molar-refractivity contribution in [2.45, 2.75) is 44.4 Å². The van der Waals surface area contributed by atoms with Crippen molar-refractivity contribution in [2.24, 2.45) is 0 Å². The third kappa shape index (κ3) is 4.00. The Labute approximate surface area is 160 Å². The average molecular weight is 422 g/mol. The Balaban J connectivity index is 1.69. The number of hydrogen-bond donors (Lipinski definition) is 0. The topological polar surface area (TPSA) is 78.0 Å². The van der Waals surface area contributed by atoms with Crippen LogP contribution in [0, 0.1) is 13.8 Å². The summed E-state index contributed by atoms with van der Waals surface area (Å²) in [5, 5.41) is 0. The zero-order valence-electron chi connectivity index (χ0n) is 15.3. The van der Waals surface area contributed by atoms with Crippen molar-refractivity contribution in [2.75, 3.05) is 39.3 Å². The number of aryl methyl sites for hydroxylation is 2. The van der Waals surface area contributed by atoms with Crippen molar-refractivity contribution in [1.82, 2.24) is 12.9 Å². The molecule has 1 aromatic heterocycles. The van der Waals surface area contributed by atoms with Gasteiger partial charge < -0.3 is 0 Å². The minimum Gasteiger partial charge on any atom is -0.207 e. The lowest BCUT2D eigenvalue weighted by Gasteiger charge is -2.35. The molecule has 0 aromatic carbocycles. The predicted octanol–water partition coefficient (Wildman–Crippen LogP) is 1.79. The molecule has 10 heteroatoms. The number of nitrogens with zero attached hydrogens (tertiary/aromatic N) is 3. The van der Waals surface area contributed by atoms with Crippen molar-refractivity contribution in [3.8, 4) is 0 Å². The highest BCUT2D eigenvalue weighted by molar-refractivity contribution is 7.89. The van der Waals surface area contributed by atoms with Crippen molar-refractivity contribution in [1.29, 1.82) is 0 Å². The first-order valence-corrected chi connectivity index (χ1v) is 12.7. The van der Waals surface area contributed by atoms with Crippen molar-refractivity contribution < 1.29 is 16.8 Å². The molecule has 0 aliphatic carbocycles. The lowest BCUT2D eigenvalue weighted by Crippen LogP contribution is -2.54. The van der Waals surface area contributed by atoms with E-state index in [1.54, 1.807) is 10.4 Å². The molecule has 0 radical (unpaired) electrons. The molecular weight excluding hydrogens is 394 g/mol. The summed E-state index contributed by atoms with van der Waals surface area (Å²) < 4.78 is 55.9. The summed E-state index contributed by atoms with van der Waals surface area (Å²) in [5.41, 5.74) is 0. The average Bonchev–Trinajstić information content (AvgIpc) is 2.80. The SMILES string of the molecule is Cc1cc(S(=O)(=O)N2CCN(S(=O)(=O)N3CCCCCC3)CC2)c(C)s1. The van der Waals surface area contributed by atoms with Crippen LogP contribution < -0.4 is 0 Å². The Morgan fingerprint density at radius 2 is 1.27 bits per heavy atom. The van der Waals surface area contributed by atoms with Gasteiger partial charge >= 0.3 is 0 Å². The highest BCUT2D eigenvalue weighted by atomic mass is 32.2. The maximum absolute atomic E-state index is 12.9. The van der Waals surface area contributed by atoms with Crippen LogP contribution in [0.25, 0.3) is 0 Å². The number of hydrogen-bond acceptors (Lipinski definition) is 5. The molecule has 2 aliphatic heterocycles. The van der Waals surface area contributed by atoms with Gasteiger partial charge in [-0.05, 0) is 32.8 Å². The van der Waals surface area contributed by atoms with Gasteiger partial charge in [0.05, 0.1) is 4.90 Å². The molecule has 3 rings (SSSR count). The highest BCUT2D eigenvalue weighted by Gasteiger charge is 2.36. The molecule has 2 aliphatic rings. The van der Waals surface area contributed by atoms with Gasteiger partial charge in [-0.15, -0.1) is 11.3 Å². The van der Waals surface area contributed by atoms with E-state index in [0.717, 1.165) is 35.4 Å². The van der Waals surface area contributed by atoms with E-state index in [0.29, 0.717) is 18.0 Å². The Morgan fingerprint density at radius 1 is 0.769 bits per heavy atom. The van der Waals surface area contributed by atoms with E-state index in [1.807, 2.05) is 13.8 Å². The summed E-state index contributed by atoms with van der Waals surface area (Å²) >= 11 is 1.47. The standard InChI is InChI=1S/C16H27N3O4S3/c1-14-13-16(15(2)24-14)25(20,21)17-9-11-19(12-10-17)26(22,23)18-7-5-3-4-6-8-18/h13H,3-12H2,1-2H3. The largest absolute Gasteiger partial charge is 0.282 e. The minimum absolute atomic E-state index is 0.198. The van der Waals surface area contributed by atoms with Crippen molar-refractivity contribution >= 4 is 31.6 Å². The summed E-state index contributed by atoms with van der Waals surface area (Å²) in [6.45, 7) is 5.64. The van der Waals surface area contributed by atoms with Crippen LogP contribution >= 0.6 is 11.3 Å². The summed E-state index contributed by atoms with van der Waals surface area (Å²) in [4.78, 5) is 2.09. The van der Waals surface area contributed by atoms with Crippen LogP contribution in [0.4, 0.5) is 0 Å². The van der Waals surface area contributed by atoms with Gasteiger partial charge in [-0.2, -0.15) is 21.3 Å². The Hall–Kier alpha value is -0.520. The third-order valence-corrected chi connectivity index (χ3v) is 10.2. The Bertz CT molecular complexity index is 832. The maximum atomic E-state index is 12.9. The first kappa shape index (κ1) is 20.2. The molecule has 148 valence electrons. The molecule has 0 unspecified atom stereocenters. The second-order valence-corrected chi connectivity index (χ2v) is 12.2. The van der Waals surface area contributed by atoms with Gasteiger partial charge in [0.2, 0.25) is 10.0 Å². The minimum atomic E-state index is -3.56. The first-order chi connectivity index (χ1) is 12.2. The van der Waals surface area contributed by atoms with Crippen LogP contribution in [-0.2, 0) is 20.2 Å². The maximum Gasteiger partial charge on any atom is 0.282 e. The zero-order chi connectivity index (χ0) is 18.9. The van der Waals surface area contributed by atoms with E-state index < -0.39 is 20.2 Å². The van der Waals surface area contributed by atoms with Crippen LogP contribution in [0.2, 0.25) is 0 Å². The second kappa shape index (κ2) is 7.84. The van der Waals surface area contributed by atoms with Gasteiger partial charge in [-0.25, -0.2) is 8.42 Å². The van der Waals surface area contributed by atoms with Crippen LogP contribution in [-0.4, -0.2) is 69.0 Å². The summed E-state index contributed by atoms with van der Waals surface area (Å²) in [6, 6.07) is 1.70. The molecule has 0 saturated carbocycles. The number of thiophene rings is 1. The number of rotatable bonds is 4. The van der Waals surface area contributed by atoms with E-state index >= 15 is 0 Å². The van der Waals surface area contributed by atoms with Gasteiger partial charge in [-0.1, -0.05) is 12.8 Å². The number of piperazine rings is 1. The second-order valence-electron chi connectivity index (χ2n) is 6.90. The molecule has 0 spiro atoms. The molecule has 26 heavy (non-hydrogen) atoms. The van der Waals surface area contributed by atoms with Gasteiger partial charge in [0.15, 0.2) is 0 Å². The van der Waals surface area contributed by atoms with Crippen LogP contribution in [0.1, 0.15) is 35.4 Å². The quantitative estimate of drug-likeness (QED) is 0.743. The van der Waals surface area contributed by atoms with Crippen molar-refractivity contribution in [3.63, 3.8) is 0 Å². The molecule has 1 aromatic rings. The van der Waals surface area contributed by atoms with Crippen LogP contribution in [0.5, 0.6) is 0 Å². The monoisotopic (exact) mass is 421 g/mol. The van der Waals surface area contributed by atoms with Gasteiger partial charge in [0.25, 0.3) is 10.2 Å². The molecule has 3 heterocycles. The Kier molecular flexibility index (Phi) is 6.10. The third-order valence-electron chi connectivity index (χ3n) is 5.03. The molecule has 7 nitrogen and oxygen atoms in total. The number of sulfonamides is 1. The molecule has 0 amide bonds. The molecular formula is C16H27N3O4S3. The van der Waals surface area contributed by atoms with Gasteiger partial charge in [0, 0.05) is 49.0 Å². The summed E-state index contributed by atoms with van der Waals surface area (Å²) in [5.74, 6) is 0. The highest BCUT2D eigenvalue weighted by Crippen LogP contribution is 2.28. The fraction of sp³-hybridized carbons (Fsp3) is 0.750. The molecule has 0 atom stereocenters. The normalized spacial score (nSPS) is 22.4. The molecule has 2 saturated heterocycles. The molecule has 0 bridgehead atoms. The smallest absolute Gasteiger partial charge is 0.207 e. The zero-order valence-corrected chi connectivity index (χ0v) is 17.8. The van der Waals surface area contributed by atoms with Gasteiger partial charge in [-0.3, -0.25) is 0 Å². The van der Waals surface area contributed by atoms with E-state index in [4.69, 9.17) is 0 Å². The fourth-order valence-electron chi connectivity index (χ4n) is 3.58. The fourth-order valence-corrected chi connectivity index (χ4v) is 8.20. The summed E-state index contributed by atoms with van der Waals surface area (Å²) in [7, 11) is -7.06. The first-order valence-electron chi connectivity index (χ1n) is 9.05. The Morgan fingerprint density at radius 3 is 1.77 bits per heavy atom. The van der Waals surface area contributed by atoms with E-state index in [2.05, 4.69) is 0 Å². The predicted molar refractivity (Wildman–Crippen MR) is 103 cm³/mol. The van der Waals surface area contributed by atoms with Crippen LogP contribution in [0.3, 0.4) is 0 Å². The molecule has 0 N–H and O–H groups in total. The van der Waals surface area contributed by atoms with Crippen molar-refractivity contribution in [3.05, 3.63) is 15.8 Å².